The fourth-order valence-electron chi connectivity index (χ4n) is 2.58. The van der Waals surface area contributed by atoms with E-state index < -0.39 is 0 Å². The maximum atomic E-state index is 12.2. The lowest BCUT2D eigenvalue weighted by atomic mass is 10.0. The molecule has 2 aromatic rings. The molecule has 9 nitrogen and oxygen atoms in total. The lowest BCUT2D eigenvalue weighted by Gasteiger charge is -2.14. The highest BCUT2D eigenvalue weighted by Gasteiger charge is 2.22. The summed E-state index contributed by atoms with van der Waals surface area (Å²) in [6.07, 6.45) is 0. The molecule has 2 unspecified atom stereocenters. The van der Waals surface area contributed by atoms with Crippen molar-refractivity contribution in [1.29, 1.82) is 0 Å². The number of amides is 2. The number of rotatable bonds is 8. The molecule has 4 N–H and O–H groups in total. The molecule has 2 amide bonds. The maximum absolute atomic E-state index is 12.2. The second-order valence-electron chi connectivity index (χ2n) is 6.34. The molecule has 1 saturated heterocycles. The smallest absolute Gasteiger partial charge is 0.286 e. The summed E-state index contributed by atoms with van der Waals surface area (Å²) in [5.74, 6) is -0.230. The monoisotopic (exact) mass is 424 g/mol. The van der Waals surface area contributed by atoms with Crippen molar-refractivity contribution in [2.75, 3.05) is 25.0 Å². The third kappa shape index (κ3) is 5.94. The highest BCUT2D eigenvalue weighted by Crippen LogP contribution is 2.17. The van der Waals surface area contributed by atoms with E-state index in [0.29, 0.717) is 34.2 Å². The van der Waals surface area contributed by atoms with Gasteiger partial charge in [-0.15, -0.1) is 10.2 Å². The Labute approximate surface area is 171 Å². The van der Waals surface area contributed by atoms with E-state index in [0.717, 1.165) is 17.9 Å². The minimum Gasteiger partial charge on any atom is -0.364 e. The number of anilines is 1. The molecule has 28 heavy (non-hydrogen) atoms. The normalized spacial score (nSPS) is 18.8. The molecule has 1 aromatic carbocycles. The standard InChI is InChI=1S/C17H21ClN6O3S/c1-10-11(7-20-22-10)6-19-14(25)8-27-9-15-23-24-17(28-15)16(26)21-13-4-2-3-12(18)5-13/h2-5,10-11,20,22H,6-9H2,1H3,(H,19,25)(H,21,26). The van der Waals surface area contributed by atoms with Crippen molar-refractivity contribution in [2.24, 2.45) is 5.92 Å². The van der Waals surface area contributed by atoms with Crippen LogP contribution in [0.3, 0.4) is 0 Å². The molecular weight excluding hydrogens is 404 g/mol. The molecule has 3 rings (SSSR count). The molecule has 1 aliphatic heterocycles. The zero-order chi connectivity index (χ0) is 19.9. The summed E-state index contributed by atoms with van der Waals surface area (Å²) in [7, 11) is 0. The van der Waals surface area contributed by atoms with Gasteiger partial charge in [-0.2, -0.15) is 0 Å². The first-order valence-corrected chi connectivity index (χ1v) is 9.93. The van der Waals surface area contributed by atoms with Crippen LogP contribution in [0, 0.1) is 5.92 Å². The quantitative estimate of drug-likeness (QED) is 0.502. The topological polar surface area (TPSA) is 117 Å². The van der Waals surface area contributed by atoms with Gasteiger partial charge in [-0.05, 0) is 25.1 Å². The van der Waals surface area contributed by atoms with Gasteiger partial charge in [-0.25, -0.2) is 0 Å². The van der Waals surface area contributed by atoms with Crippen molar-refractivity contribution in [2.45, 2.75) is 19.6 Å². The van der Waals surface area contributed by atoms with E-state index in [-0.39, 0.29) is 30.0 Å². The lowest BCUT2D eigenvalue weighted by molar-refractivity contribution is -0.126. The molecule has 2 heterocycles. The average Bonchev–Trinajstić information content (AvgIpc) is 3.29. The van der Waals surface area contributed by atoms with Crippen LogP contribution in [0.15, 0.2) is 24.3 Å². The molecule has 1 aliphatic rings. The van der Waals surface area contributed by atoms with Crippen LogP contribution in [0.2, 0.25) is 5.02 Å². The number of hydrazine groups is 1. The van der Waals surface area contributed by atoms with Crippen molar-refractivity contribution in [1.82, 2.24) is 26.4 Å². The molecule has 0 radical (unpaired) electrons. The summed E-state index contributed by atoms with van der Waals surface area (Å²) in [4.78, 5) is 24.1. The molecule has 2 atom stereocenters. The number of ether oxygens (including phenoxy) is 1. The van der Waals surface area contributed by atoms with Crippen molar-refractivity contribution >= 4 is 40.4 Å². The molecular formula is C17H21ClN6O3S. The predicted molar refractivity (Wildman–Crippen MR) is 106 cm³/mol. The van der Waals surface area contributed by atoms with E-state index in [2.05, 4.69) is 38.6 Å². The van der Waals surface area contributed by atoms with E-state index in [1.165, 1.54) is 0 Å². The average molecular weight is 425 g/mol. The Balaban J connectivity index is 1.39. The summed E-state index contributed by atoms with van der Waals surface area (Å²) in [6, 6.07) is 7.13. The van der Waals surface area contributed by atoms with Crippen molar-refractivity contribution in [3.8, 4) is 0 Å². The van der Waals surface area contributed by atoms with E-state index in [1.807, 2.05) is 0 Å². The van der Waals surface area contributed by atoms with Crippen LogP contribution in [-0.2, 0) is 16.1 Å². The summed E-state index contributed by atoms with van der Waals surface area (Å²) in [5, 5.41) is 14.6. The minimum absolute atomic E-state index is 0.0778. The summed E-state index contributed by atoms with van der Waals surface area (Å²) in [5.41, 5.74) is 6.73. The predicted octanol–water partition coefficient (Wildman–Crippen LogP) is 1.19. The number of nitrogens with zero attached hydrogens (tertiary/aromatic N) is 2. The Morgan fingerprint density at radius 2 is 2.25 bits per heavy atom. The first-order valence-electron chi connectivity index (χ1n) is 8.73. The van der Waals surface area contributed by atoms with Gasteiger partial charge in [0, 0.05) is 35.8 Å². The first kappa shape index (κ1) is 20.6. The zero-order valence-corrected chi connectivity index (χ0v) is 16.8. The fraction of sp³-hybridized carbons (Fsp3) is 0.412. The van der Waals surface area contributed by atoms with Gasteiger partial charge >= 0.3 is 0 Å². The zero-order valence-electron chi connectivity index (χ0n) is 15.2. The Morgan fingerprint density at radius 3 is 3.00 bits per heavy atom. The number of nitrogens with one attached hydrogen (secondary N) is 4. The number of hydrogen-bond donors (Lipinski definition) is 4. The van der Waals surface area contributed by atoms with E-state index in [1.54, 1.807) is 24.3 Å². The Bertz CT molecular complexity index is 833. The van der Waals surface area contributed by atoms with E-state index in [9.17, 15) is 9.59 Å². The SMILES string of the molecule is CC1NNCC1CNC(=O)COCc1nnc(C(=O)Nc2cccc(Cl)c2)s1. The molecule has 0 bridgehead atoms. The molecule has 0 spiro atoms. The highest BCUT2D eigenvalue weighted by atomic mass is 35.5. The maximum Gasteiger partial charge on any atom is 0.286 e. The first-order chi connectivity index (χ1) is 13.5. The second kappa shape index (κ2) is 9.89. The number of aromatic nitrogens is 2. The van der Waals surface area contributed by atoms with Gasteiger partial charge in [-0.3, -0.25) is 20.4 Å². The van der Waals surface area contributed by atoms with Gasteiger partial charge in [0.1, 0.15) is 18.2 Å². The number of benzene rings is 1. The molecule has 1 aromatic heterocycles. The molecule has 0 aliphatic carbocycles. The Kier molecular flexibility index (Phi) is 7.29. The largest absolute Gasteiger partial charge is 0.364 e. The van der Waals surface area contributed by atoms with Gasteiger partial charge in [0.2, 0.25) is 10.9 Å². The molecule has 150 valence electrons. The van der Waals surface area contributed by atoms with Crippen LogP contribution in [0.1, 0.15) is 21.7 Å². The molecule has 11 heteroatoms. The Morgan fingerprint density at radius 1 is 1.39 bits per heavy atom. The second-order valence-corrected chi connectivity index (χ2v) is 7.83. The molecule has 1 fully saturated rings. The minimum atomic E-state index is -0.378. The van der Waals surface area contributed by atoms with Gasteiger partial charge < -0.3 is 15.4 Å². The number of carbonyl (C=O) groups is 2. The lowest BCUT2D eigenvalue weighted by Crippen LogP contribution is -2.36. The number of carbonyl (C=O) groups excluding carboxylic acids is 2. The van der Waals surface area contributed by atoms with Crippen molar-refractivity contribution < 1.29 is 14.3 Å². The fourth-order valence-corrected chi connectivity index (χ4v) is 3.44. The third-order valence-corrected chi connectivity index (χ3v) is 5.30. The van der Waals surface area contributed by atoms with Crippen LogP contribution >= 0.6 is 22.9 Å². The van der Waals surface area contributed by atoms with Gasteiger partial charge in [0.25, 0.3) is 5.91 Å². The Hall–Kier alpha value is -2.11. The number of halogens is 1. The van der Waals surface area contributed by atoms with Crippen LogP contribution in [0.4, 0.5) is 5.69 Å². The highest BCUT2D eigenvalue weighted by molar-refractivity contribution is 7.13. The molecule has 0 saturated carbocycles. The van der Waals surface area contributed by atoms with Gasteiger partial charge in [0.15, 0.2) is 0 Å². The van der Waals surface area contributed by atoms with E-state index >= 15 is 0 Å². The van der Waals surface area contributed by atoms with Crippen LogP contribution in [-0.4, -0.2) is 47.7 Å². The van der Waals surface area contributed by atoms with Crippen LogP contribution < -0.4 is 21.5 Å². The summed E-state index contributed by atoms with van der Waals surface area (Å²) in [6.45, 7) is 3.48. The third-order valence-electron chi connectivity index (χ3n) is 4.16. The number of hydrogen-bond acceptors (Lipinski definition) is 8. The van der Waals surface area contributed by atoms with Gasteiger partial charge in [-0.1, -0.05) is 29.0 Å². The summed E-state index contributed by atoms with van der Waals surface area (Å²) < 4.78 is 5.37. The van der Waals surface area contributed by atoms with E-state index in [4.69, 9.17) is 16.3 Å². The van der Waals surface area contributed by atoms with Gasteiger partial charge in [0.05, 0.1) is 0 Å². The van der Waals surface area contributed by atoms with Crippen molar-refractivity contribution in [3.05, 3.63) is 39.3 Å². The van der Waals surface area contributed by atoms with Crippen LogP contribution in [0.5, 0.6) is 0 Å². The van der Waals surface area contributed by atoms with Crippen LogP contribution in [0.25, 0.3) is 0 Å². The van der Waals surface area contributed by atoms with Crippen molar-refractivity contribution in [3.63, 3.8) is 0 Å². The summed E-state index contributed by atoms with van der Waals surface area (Å²) >= 11 is 7.01.